The minimum absolute atomic E-state index is 0.0104. The smallest absolute Gasteiger partial charge is 0.317 e. The number of carbonyl (C=O) groups is 1. The third-order valence-electron chi connectivity index (χ3n) is 3.28. The molecule has 1 amide bonds. The van der Waals surface area contributed by atoms with E-state index in [0.717, 1.165) is 5.56 Å². The number of hydrogen-bond acceptors (Lipinski definition) is 3. The quantitative estimate of drug-likeness (QED) is 0.637. The SMILES string of the molecule is CC(NC(=O)c1cccc[n+]1[O-])C(O)Cc1ccccc1. The second kappa shape index (κ2) is 6.85. The van der Waals surface area contributed by atoms with E-state index in [-0.39, 0.29) is 5.69 Å². The average Bonchev–Trinajstić information content (AvgIpc) is 2.48. The lowest BCUT2D eigenvalue weighted by atomic mass is 10.0. The van der Waals surface area contributed by atoms with Crippen LogP contribution < -0.4 is 10.0 Å². The molecule has 0 fully saturated rings. The molecule has 0 saturated heterocycles. The molecule has 21 heavy (non-hydrogen) atoms. The van der Waals surface area contributed by atoms with Crippen molar-refractivity contribution in [3.05, 3.63) is 71.2 Å². The lowest BCUT2D eigenvalue weighted by Gasteiger charge is -2.20. The summed E-state index contributed by atoms with van der Waals surface area (Å²) < 4.78 is 0.506. The van der Waals surface area contributed by atoms with Crippen molar-refractivity contribution >= 4 is 5.91 Å². The summed E-state index contributed by atoms with van der Waals surface area (Å²) in [5.74, 6) is -0.495. The van der Waals surface area contributed by atoms with Gasteiger partial charge in [-0.3, -0.25) is 4.79 Å². The summed E-state index contributed by atoms with van der Waals surface area (Å²) in [5, 5.41) is 24.3. The molecular weight excluding hydrogens is 268 g/mol. The largest absolute Gasteiger partial charge is 0.618 e. The fourth-order valence-electron chi connectivity index (χ4n) is 2.01. The highest BCUT2D eigenvalue weighted by atomic mass is 16.5. The van der Waals surface area contributed by atoms with Crippen molar-refractivity contribution in [2.24, 2.45) is 0 Å². The number of hydrogen-bond donors (Lipinski definition) is 2. The molecule has 0 aliphatic heterocycles. The Morgan fingerprint density at radius 3 is 2.57 bits per heavy atom. The molecule has 2 aromatic rings. The summed E-state index contributed by atoms with van der Waals surface area (Å²) in [6.07, 6.45) is 0.981. The lowest BCUT2D eigenvalue weighted by Crippen LogP contribution is -2.46. The third-order valence-corrected chi connectivity index (χ3v) is 3.28. The summed E-state index contributed by atoms with van der Waals surface area (Å²) in [4.78, 5) is 12.0. The van der Waals surface area contributed by atoms with Crippen LogP contribution in [0.2, 0.25) is 0 Å². The Balaban J connectivity index is 1.96. The number of carbonyl (C=O) groups excluding carboxylic acids is 1. The van der Waals surface area contributed by atoms with Crippen LogP contribution in [0.25, 0.3) is 0 Å². The molecule has 0 radical (unpaired) electrons. The number of pyridine rings is 1. The fraction of sp³-hybridized carbons (Fsp3) is 0.250. The van der Waals surface area contributed by atoms with Crippen molar-refractivity contribution in [3.63, 3.8) is 0 Å². The zero-order valence-electron chi connectivity index (χ0n) is 11.8. The molecule has 2 N–H and O–H groups in total. The molecule has 1 aromatic heterocycles. The zero-order valence-corrected chi connectivity index (χ0v) is 11.8. The molecule has 0 saturated carbocycles. The van der Waals surface area contributed by atoms with E-state index < -0.39 is 18.1 Å². The van der Waals surface area contributed by atoms with Crippen molar-refractivity contribution in [1.29, 1.82) is 0 Å². The van der Waals surface area contributed by atoms with Crippen molar-refractivity contribution in [2.75, 3.05) is 0 Å². The van der Waals surface area contributed by atoms with Gasteiger partial charge < -0.3 is 15.6 Å². The Kier molecular flexibility index (Phi) is 4.90. The van der Waals surface area contributed by atoms with Crippen molar-refractivity contribution in [3.8, 4) is 0 Å². The van der Waals surface area contributed by atoms with Crippen LogP contribution in [0, 0.1) is 5.21 Å². The van der Waals surface area contributed by atoms with E-state index in [1.807, 2.05) is 30.3 Å². The van der Waals surface area contributed by atoms with Gasteiger partial charge in [0, 0.05) is 18.6 Å². The molecular formula is C16H18N2O3. The Labute approximate surface area is 123 Å². The number of benzene rings is 1. The number of nitrogens with zero attached hydrogens (tertiary/aromatic N) is 1. The summed E-state index contributed by atoms with van der Waals surface area (Å²) in [6, 6.07) is 13.7. The highest BCUT2D eigenvalue weighted by Crippen LogP contribution is 2.06. The van der Waals surface area contributed by atoms with E-state index in [1.54, 1.807) is 19.1 Å². The van der Waals surface area contributed by atoms with Crippen LogP contribution in [0.3, 0.4) is 0 Å². The monoisotopic (exact) mass is 286 g/mol. The second-order valence-electron chi connectivity index (χ2n) is 4.93. The maximum atomic E-state index is 12.0. The van der Waals surface area contributed by atoms with Gasteiger partial charge >= 0.3 is 5.91 Å². The topological polar surface area (TPSA) is 76.3 Å². The molecule has 0 spiro atoms. The van der Waals surface area contributed by atoms with Gasteiger partial charge in [-0.2, -0.15) is 4.73 Å². The number of nitrogens with one attached hydrogen (secondary N) is 1. The van der Waals surface area contributed by atoms with Crippen molar-refractivity contribution < 1.29 is 14.6 Å². The lowest BCUT2D eigenvalue weighted by molar-refractivity contribution is -0.607. The van der Waals surface area contributed by atoms with Crippen LogP contribution in [-0.4, -0.2) is 23.2 Å². The molecule has 2 unspecified atom stereocenters. The molecule has 5 heteroatoms. The van der Waals surface area contributed by atoms with E-state index in [1.165, 1.54) is 12.3 Å². The van der Waals surface area contributed by atoms with Gasteiger partial charge in [0.1, 0.15) is 0 Å². The first kappa shape index (κ1) is 15.0. The Morgan fingerprint density at radius 1 is 1.24 bits per heavy atom. The van der Waals surface area contributed by atoms with Crippen LogP contribution >= 0.6 is 0 Å². The van der Waals surface area contributed by atoms with Gasteiger partial charge in [0.15, 0.2) is 6.20 Å². The molecule has 110 valence electrons. The maximum Gasteiger partial charge on any atom is 0.317 e. The highest BCUT2D eigenvalue weighted by molar-refractivity contribution is 5.91. The van der Waals surface area contributed by atoms with Gasteiger partial charge in [-0.15, -0.1) is 0 Å². The van der Waals surface area contributed by atoms with Crippen molar-refractivity contribution in [1.82, 2.24) is 5.32 Å². The van der Waals surface area contributed by atoms with E-state index in [9.17, 15) is 15.1 Å². The first-order valence-corrected chi connectivity index (χ1v) is 6.79. The summed E-state index contributed by atoms with van der Waals surface area (Å²) >= 11 is 0. The van der Waals surface area contributed by atoms with Gasteiger partial charge in [-0.25, -0.2) is 0 Å². The number of rotatable bonds is 5. The van der Waals surface area contributed by atoms with Crippen LogP contribution in [0.4, 0.5) is 0 Å². The van der Waals surface area contributed by atoms with Gasteiger partial charge in [-0.1, -0.05) is 30.3 Å². The van der Waals surface area contributed by atoms with Gasteiger partial charge in [0.05, 0.1) is 12.1 Å². The van der Waals surface area contributed by atoms with Crippen molar-refractivity contribution in [2.45, 2.75) is 25.5 Å². The molecule has 1 heterocycles. The van der Waals surface area contributed by atoms with E-state index in [0.29, 0.717) is 11.2 Å². The predicted octanol–water partition coefficient (Wildman–Crippen LogP) is 1.04. The molecule has 0 aliphatic rings. The maximum absolute atomic E-state index is 12.0. The average molecular weight is 286 g/mol. The highest BCUT2D eigenvalue weighted by Gasteiger charge is 2.21. The van der Waals surface area contributed by atoms with Gasteiger partial charge in [0.25, 0.3) is 5.69 Å². The Bertz CT molecular complexity index is 601. The van der Waals surface area contributed by atoms with Gasteiger partial charge in [0.2, 0.25) is 0 Å². The number of amides is 1. The standard InChI is InChI=1S/C16H18N2O3/c1-12(15(19)11-13-7-3-2-4-8-13)17-16(20)14-9-5-6-10-18(14)21/h2-10,12,15,19H,11H2,1H3,(H,17,20). The minimum atomic E-state index is -0.722. The molecule has 5 nitrogen and oxygen atoms in total. The van der Waals surface area contributed by atoms with Crippen LogP contribution in [0.5, 0.6) is 0 Å². The molecule has 2 rings (SSSR count). The third kappa shape index (κ3) is 4.03. The summed E-state index contributed by atoms with van der Waals surface area (Å²) in [7, 11) is 0. The van der Waals surface area contributed by atoms with Crippen LogP contribution in [-0.2, 0) is 6.42 Å². The normalized spacial score (nSPS) is 13.4. The Morgan fingerprint density at radius 2 is 1.90 bits per heavy atom. The first-order valence-electron chi connectivity index (χ1n) is 6.79. The molecule has 1 aromatic carbocycles. The number of aliphatic hydroxyl groups is 1. The van der Waals surface area contributed by atoms with E-state index in [4.69, 9.17) is 0 Å². The van der Waals surface area contributed by atoms with E-state index in [2.05, 4.69) is 5.32 Å². The molecule has 0 bridgehead atoms. The minimum Gasteiger partial charge on any atom is -0.618 e. The second-order valence-corrected chi connectivity index (χ2v) is 4.93. The van der Waals surface area contributed by atoms with Crippen LogP contribution in [0.1, 0.15) is 23.0 Å². The first-order chi connectivity index (χ1) is 10.1. The summed E-state index contributed by atoms with van der Waals surface area (Å²) in [5.41, 5.74) is 1.00. The Hall–Kier alpha value is -2.40. The van der Waals surface area contributed by atoms with Gasteiger partial charge in [-0.05, 0) is 18.6 Å². The summed E-state index contributed by atoms with van der Waals surface area (Å²) in [6.45, 7) is 1.71. The van der Waals surface area contributed by atoms with Crippen LogP contribution in [0.15, 0.2) is 54.7 Å². The molecule has 0 aliphatic carbocycles. The van der Waals surface area contributed by atoms with E-state index >= 15 is 0 Å². The fourth-order valence-corrected chi connectivity index (χ4v) is 2.01. The zero-order chi connectivity index (χ0) is 15.2. The number of aliphatic hydroxyl groups excluding tert-OH is 1. The molecule has 2 atom stereocenters. The number of aromatic nitrogens is 1. The predicted molar refractivity (Wildman–Crippen MR) is 78.5 cm³/mol.